The summed E-state index contributed by atoms with van der Waals surface area (Å²) in [7, 11) is 3.87. The van der Waals surface area contributed by atoms with Gasteiger partial charge in [0, 0.05) is 12.1 Å². The topological polar surface area (TPSA) is 217 Å². The molecule has 0 unspecified atom stereocenters. The van der Waals surface area contributed by atoms with Crippen LogP contribution < -0.4 is 37.8 Å². The second-order valence-corrected chi connectivity index (χ2v) is 8.90. The molecule has 0 saturated carbocycles. The summed E-state index contributed by atoms with van der Waals surface area (Å²) in [6.07, 6.45) is 0. The fraction of sp³-hybridized carbons (Fsp3) is 0.161. The Morgan fingerprint density at radius 3 is 1.38 bits per heavy atom. The molecular weight excluding hydrogens is 615 g/mol. The standard InChI is InChI=1S/C16H15NO6.C15H13NO6.Li.H2O/c1-21-14-8-12(16(18)22-2)13(17(19)20)9-15(14)23-10-11-6-4-3-5-7-11;1-21-13-7-11(15(17)18)12(16(19)20)8-14(13)22-9-10-5-3-2-4-6-10;;/h3-9H,10H2,1-2H3;2-8H,9H2,1H3,(H,17,18);;1H2/q;;+1;/p-1. The SMILES string of the molecule is COC(=O)c1cc(OC)c(OCc2ccccc2)cc1[N+](=O)[O-].COc1cc(C(=O)O)c([N+](=O)[O-])cc1OCc1ccccc1.[Li+].[OH-]. The molecule has 0 saturated heterocycles. The van der Waals surface area contributed by atoms with Gasteiger partial charge < -0.3 is 34.3 Å². The largest absolute Gasteiger partial charge is 1.00 e. The predicted octanol–water partition coefficient (Wildman–Crippen LogP) is 2.68. The van der Waals surface area contributed by atoms with Crippen LogP contribution in [0.2, 0.25) is 0 Å². The van der Waals surface area contributed by atoms with Crippen LogP contribution in [-0.4, -0.2) is 53.7 Å². The number of carbonyl (C=O) groups is 2. The number of hydrogen-bond donors (Lipinski definition) is 1. The van der Waals surface area contributed by atoms with E-state index < -0.39 is 38.7 Å². The summed E-state index contributed by atoms with van der Waals surface area (Å²) < 4.78 is 25.9. The van der Waals surface area contributed by atoms with Crippen LogP contribution in [0.4, 0.5) is 11.4 Å². The third-order valence-electron chi connectivity index (χ3n) is 6.07. The minimum atomic E-state index is -1.40. The van der Waals surface area contributed by atoms with E-state index in [0.717, 1.165) is 36.4 Å². The third kappa shape index (κ3) is 10.7. The van der Waals surface area contributed by atoms with Crippen molar-refractivity contribution in [2.45, 2.75) is 13.2 Å². The minimum absolute atomic E-state index is 0. The molecule has 0 spiro atoms. The van der Waals surface area contributed by atoms with Crippen LogP contribution in [0.3, 0.4) is 0 Å². The number of carboxylic acid groups (broad SMARTS) is 1. The molecule has 0 heterocycles. The van der Waals surface area contributed by atoms with E-state index in [4.69, 9.17) is 24.1 Å². The van der Waals surface area contributed by atoms with E-state index in [0.29, 0.717) is 0 Å². The maximum Gasteiger partial charge on any atom is 1.00 e. The van der Waals surface area contributed by atoms with Gasteiger partial charge in [-0.2, -0.15) is 0 Å². The molecule has 0 aliphatic heterocycles. The van der Waals surface area contributed by atoms with Gasteiger partial charge in [-0.05, 0) is 11.1 Å². The Morgan fingerprint density at radius 2 is 1.04 bits per heavy atom. The van der Waals surface area contributed by atoms with E-state index in [1.54, 1.807) is 0 Å². The maximum absolute atomic E-state index is 11.7. The first kappa shape index (κ1) is 39.4. The number of ether oxygens (including phenoxy) is 5. The number of carboxylic acids is 1. The van der Waals surface area contributed by atoms with Gasteiger partial charge in [0.25, 0.3) is 11.4 Å². The van der Waals surface area contributed by atoms with Gasteiger partial charge in [0.2, 0.25) is 0 Å². The molecule has 0 bridgehead atoms. The molecule has 16 heteroatoms. The number of nitro benzene ring substituents is 2. The summed E-state index contributed by atoms with van der Waals surface area (Å²) >= 11 is 0. The van der Waals surface area contributed by atoms with Crippen LogP contribution in [0.15, 0.2) is 84.9 Å². The van der Waals surface area contributed by atoms with Crippen LogP contribution in [0, 0.1) is 20.2 Å². The second kappa shape index (κ2) is 19.0. The third-order valence-corrected chi connectivity index (χ3v) is 6.07. The van der Waals surface area contributed by atoms with Crippen LogP contribution in [-0.2, 0) is 18.0 Å². The van der Waals surface area contributed by atoms with Crippen molar-refractivity contribution < 1.29 is 72.6 Å². The number of nitrogens with zero attached hydrogens (tertiary/aromatic N) is 2. The number of methoxy groups -OCH3 is 3. The van der Waals surface area contributed by atoms with Gasteiger partial charge in [-0.1, -0.05) is 60.7 Å². The summed E-state index contributed by atoms with van der Waals surface area (Å²) in [5.41, 5.74) is 0.177. The molecule has 0 aliphatic carbocycles. The van der Waals surface area contributed by atoms with Crippen LogP contribution in [0.1, 0.15) is 31.8 Å². The van der Waals surface area contributed by atoms with E-state index >= 15 is 0 Å². The Morgan fingerprint density at radius 1 is 0.660 bits per heavy atom. The fourth-order valence-electron chi connectivity index (χ4n) is 3.86. The number of benzene rings is 4. The van der Waals surface area contributed by atoms with E-state index in [2.05, 4.69) is 4.74 Å². The van der Waals surface area contributed by atoms with Crippen molar-refractivity contribution in [3.05, 3.63) is 127 Å². The van der Waals surface area contributed by atoms with Crippen molar-refractivity contribution in [1.82, 2.24) is 0 Å². The zero-order valence-electron chi connectivity index (χ0n) is 25.8. The summed E-state index contributed by atoms with van der Waals surface area (Å²) in [6.45, 7) is 0.396. The summed E-state index contributed by atoms with van der Waals surface area (Å²) in [6, 6.07) is 23.1. The number of nitro groups is 2. The van der Waals surface area contributed by atoms with Crippen molar-refractivity contribution in [2.24, 2.45) is 0 Å². The van der Waals surface area contributed by atoms with Crippen molar-refractivity contribution in [1.29, 1.82) is 0 Å². The Labute approximate surface area is 280 Å². The molecule has 0 atom stereocenters. The monoisotopic (exact) mass is 644 g/mol. The van der Waals surface area contributed by atoms with Gasteiger partial charge >= 0.3 is 30.8 Å². The maximum atomic E-state index is 11.7. The first-order chi connectivity index (χ1) is 21.6. The molecule has 242 valence electrons. The average molecular weight is 645 g/mol. The number of esters is 1. The first-order valence-electron chi connectivity index (χ1n) is 13.0. The number of aromatic carboxylic acids is 1. The Hall–Kier alpha value is -5.62. The fourth-order valence-corrected chi connectivity index (χ4v) is 3.86. The van der Waals surface area contributed by atoms with Crippen molar-refractivity contribution in [3.63, 3.8) is 0 Å². The van der Waals surface area contributed by atoms with Gasteiger partial charge in [0.1, 0.15) is 24.3 Å². The molecule has 2 N–H and O–H groups in total. The Bertz CT molecular complexity index is 1670. The molecular formula is C31H29LiN2O13. The number of carbonyl (C=O) groups excluding carboxylic acids is 1. The van der Waals surface area contributed by atoms with Crippen molar-refractivity contribution in [3.8, 4) is 23.0 Å². The molecule has 15 nitrogen and oxygen atoms in total. The molecule has 0 aromatic heterocycles. The number of hydrogen-bond acceptors (Lipinski definition) is 12. The zero-order valence-corrected chi connectivity index (χ0v) is 25.8. The van der Waals surface area contributed by atoms with Crippen molar-refractivity contribution >= 4 is 23.3 Å². The predicted molar refractivity (Wildman–Crippen MR) is 161 cm³/mol. The summed E-state index contributed by atoms with van der Waals surface area (Å²) in [5, 5.41) is 31.2. The quantitative estimate of drug-likeness (QED) is 0.102. The van der Waals surface area contributed by atoms with E-state index in [-0.39, 0.29) is 66.1 Å². The molecule has 4 aromatic carbocycles. The Balaban J connectivity index is 0.000000451. The first-order valence-corrected chi connectivity index (χ1v) is 13.0. The summed E-state index contributed by atoms with van der Waals surface area (Å²) in [5.74, 6) is -1.59. The summed E-state index contributed by atoms with van der Waals surface area (Å²) in [4.78, 5) is 43.5. The molecule has 0 radical (unpaired) electrons. The Kier molecular flexibility index (Phi) is 15.9. The molecule has 4 rings (SSSR count). The van der Waals surface area contributed by atoms with E-state index in [1.807, 2.05) is 60.7 Å². The van der Waals surface area contributed by atoms with Crippen LogP contribution in [0.25, 0.3) is 0 Å². The average Bonchev–Trinajstić information content (AvgIpc) is 3.06. The smallest absolute Gasteiger partial charge is 0.870 e. The van der Waals surface area contributed by atoms with Gasteiger partial charge in [-0.25, -0.2) is 9.59 Å². The molecule has 0 fully saturated rings. The normalized spacial score (nSPS) is 9.60. The zero-order chi connectivity index (χ0) is 32.9. The van der Waals surface area contributed by atoms with Crippen molar-refractivity contribution in [2.75, 3.05) is 21.3 Å². The van der Waals surface area contributed by atoms with Crippen LogP contribution in [0.5, 0.6) is 23.0 Å². The number of rotatable bonds is 12. The second-order valence-electron chi connectivity index (χ2n) is 8.90. The molecule has 0 amide bonds. The molecule has 4 aromatic rings. The van der Waals surface area contributed by atoms with Gasteiger partial charge in [0.05, 0.1) is 43.3 Å². The van der Waals surface area contributed by atoms with E-state index in [9.17, 15) is 29.8 Å². The molecule has 0 aliphatic rings. The van der Waals surface area contributed by atoms with Gasteiger partial charge in [-0.15, -0.1) is 0 Å². The van der Waals surface area contributed by atoms with E-state index in [1.165, 1.54) is 20.3 Å². The minimum Gasteiger partial charge on any atom is -0.870 e. The van der Waals surface area contributed by atoms with Crippen LogP contribution >= 0.6 is 0 Å². The van der Waals surface area contributed by atoms with Gasteiger partial charge in [0.15, 0.2) is 23.0 Å². The molecule has 47 heavy (non-hydrogen) atoms. The van der Waals surface area contributed by atoms with Gasteiger partial charge in [-0.3, -0.25) is 20.2 Å².